The van der Waals surface area contributed by atoms with E-state index in [9.17, 15) is 0 Å². The fourth-order valence-electron chi connectivity index (χ4n) is 6.32. The molecule has 1 aliphatic carbocycles. The van der Waals surface area contributed by atoms with Gasteiger partial charge in [-0.1, -0.05) is 31.4 Å². The maximum Gasteiger partial charge on any atom is 0.173 e. The molecule has 2 aromatic rings. The van der Waals surface area contributed by atoms with E-state index in [0.717, 1.165) is 51.1 Å². The quantitative estimate of drug-likeness (QED) is 0.596. The Balaban J connectivity index is 1.30. The lowest BCUT2D eigenvalue weighted by Crippen LogP contribution is -2.52. The van der Waals surface area contributed by atoms with Crippen LogP contribution >= 0.6 is 0 Å². The maximum atomic E-state index is 4.59. The summed E-state index contributed by atoms with van der Waals surface area (Å²) in [6.07, 6.45) is 9.64. The van der Waals surface area contributed by atoms with Gasteiger partial charge in [-0.15, -0.1) is 5.10 Å². The largest absolute Gasteiger partial charge is 0.384 e. The number of hydrogen-bond donors (Lipinski definition) is 1. The lowest BCUT2D eigenvalue weighted by molar-refractivity contribution is 0.0609. The zero-order valence-electron chi connectivity index (χ0n) is 22.7. The molecule has 8 nitrogen and oxygen atoms in total. The number of benzene rings is 1. The van der Waals surface area contributed by atoms with E-state index in [-0.39, 0.29) is 11.6 Å². The summed E-state index contributed by atoms with van der Waals surface area (Å²) < 4.78 is 2.02. The first-order valence-electron chi connectivity index (χ1n) is 14.3. The van der Waals surface area contributed by atoms with Crippen LogP contribution in [0.2, 0.25) is 0 Å². The van der Waals surface area contributed by atoms with Crippen LogP contribution in [-0.4, -0.2) is 93.3 Å². The summed E-state index contributed by atoms with van der Waals surface area (Å²) in [7, 11) is 0. The summed E-state index contributed by atoms with van der Waals surface area (Å²) in [5.41, 5.74) is 2.29. The Morgan fingerprint density at radius 1 is 0.889 bits per heavy atom. The maximum absolute atomic E-state index is 4.59. The van der Waals surface area contributed by atoms with Crippen molar-refractivity contribution in [2.75, 3.05) is 57.7 Å². The van der Waals surface area contributed by atoms with E-state index in [1.54, 1.807) is 0 Å². The summed E-state index contributed by atoms with van der Waals surface area (Å²) >= 11 is 0. The number of nitrogens with zero attached hydrogens (tertiary/aromatic N) is 7. The molecule has 1 aromatic heterocycles. The van der Waals surface area contributed by atoms with Crippen LogP contribution in [0, 0.1) is 0 Å². The van der Waals surface area contributed by atoms with Gasteiger partial charge < -0.3 is 10.2 Å². The molecule has 1 unspecified atom stereocenters. The minimum absolute atomic E-state index is 0.0615. The van der Waals surface area contributed by atoms with Crippen molar-refractivity contribution in [3.63, 3.8) is 0 Å². The first kappa shape index (κ1) is 25.6. The summed E-state index contributed by atoms with van der Waals surface area (Å²) in [5, 5.41) is 16.7. The lowest BCUT2D eigenvalue weighted by Gasteiger charge is -2.43. The fourth-order valence-corrected chi connectivity index (χ4v) is 6.32. The second-order valence-corrected chi connectivity index (χ2v) is 12.0. The van der Waals surface area contributed by atoms with Gasteiger partial charge in [0.1, 0.15) is 0 Å². The van der Waals surface area contributed by atoms with E-state index < -0.39 is 0 Å². The minimum atomic E-state index is -0.169. The molecule has 8 heteroatoms. The molecule has 0 amide bonds. The summed E-state index contributed by atoms with van der Waals surface area (Å²) in [5.74, 6) is 0.948. The number of hydrogen-bond acceptors (Lipinski definition) is 7. The molecule has 2 saturated heterocycles. The lowest BCUT2D eigenvalue weighted by atomic mass is 9.93. The molecule has 3 aliphatic rings. The van der Waals surface area contributed by atoms with Crippen LogP contribution in [-0.2, 0) is 5.54 Å². The number of rotatable bonds is 8. The highest BCUT2D eigenvalue weighted by molar-refractivity contribution is 5.46. The molecule has 5 rings (SSSR count). The highest BCUT2D eigenvalue weighted by Gasteiger charge is 2.34. The smallest absolute Gasteiger partial charge is 0.173 e. The highest BCUT2D eigenvalue weighted by Crippen LogP contribution is 2.32. The molecule has 0 bridgehead atoms. The normalized spacial score (nSPS) is 22.2. The first-order chi connectivity index (χ1) is 17.5. The Morgan fingerprint density at radius 2 is 1.58 bits per heavy atom. The predicted octanol–water partition coefficient (Wildman–Crippen LogP) is 3.98. The molecule has 1 aromatic carbocycles. The van der Waals surface area contributed by atoms with Gasteiger partial charge in [0, 0.05) is 51.0 Å². The predicted molar refractivity (Wildman–Crippen MR) is 145 cm³/mol. The molecule has 3 heterocycles. The standard InChI is InChI=1S/C28H46N8/c1-28(2,3)36-27(30-31-32-36)26(35-21-19-34(20-22-35)25-9-5-4-6-10-25)23-11-13-24(14-12-23)29-15-18-33-16-7-8-17-33/h11-14,25-26,29H,4-10,15-22H2,1-3H3. The second kappa shape index (κ2) is 11.6. The molecular formula is C28H46N8. The minimum Gasteiger partial charge on any atom is -0.384 e. The first-order valence-corrected chi connectivity index (χ1v) is 14.3. The van der Waals surface area contributed by atoms with E-state index in [2.05, 4.69) is 80.6 Å². The van der Waals surface area contributed by atoms with Gasteiger partial charge in [-0.2, -0.15) is 0 Å². The molecule has 1 saturated carbocycles. The molecule has 0 spiro atoms. The molecule has 1 N–H and O–H groups in total. The zero-order chi connectivity index (χ0) is 25.0. The number of tetrazole rings is 1. The molecule has 198 valence electrons. The Labute approximate surface area is 217 Å². The molecule has 2 aliphatic heterocycles. The van der Waals surface area contributed by atoms with Gasteiger partial charge in [-0.25, -0.2) is 4.68 Å². The number of likely N-dealkylation sites (tertiary alicyclic amines) is 1. The molecular weight excluding hydrogens is 448 g/mol. The van der Waals surface area contributed by atoms with Crippen molar-refractivity contribution in [1.29, 1.82) is 0 Å². The Morgan fingerprint density at radius 3 is 2.25 bits per heavy atom. The van der Waals surface area contributed by atoms with Crippen molar-refractivity contribution in [3.8, 4) is 0 Å². The van der Waals surface area contributed by atoms with Crippen LogP contribution in [0.15, 0.2) is 24.3 Å². The average Bonchev–Trinajstić information content (AvgIpc) is 3.59. The second-order valence-electron chi connectivity index (χ2n) is 12.0. The Hall–Kier alpha value is -2.03. The van der Waals surface area contributed by atoms with Gasteiger partial charge in [0.2, 0.25) is 0 Å². The van der Waals surface area contributed by atoms with E-state index in [0.29, 0.717) is 0 Å². The summed E-state index contributed by atoms with van der Waals surface area (Å²) in [6, 6.07) is 9.86. The monoisotopic (exact) mass is 494 g/mol. The van der Waals surface area contributed by atoms with Crippen LogP contribution < -0.4 is 5.32 Å². The van der Waals surface area contributed by atoms with Crippen molar-refractivity contribution in [2.24, 2.45) is 0 Å². The van der Waals surface area contributed by atoms with Gasteiger partial charge in [0.25, 0.3) is 0 Å². The van der Waals surface area contributed by atoms with Crippen LogP contribution in [0.5, 0.6) is 0 Å². The van der Waals surface area contributed by atoms with E-state index >= 15 is 0 Å². The van der Waals surface area contributed by atoms with Crippen molar-refractivity contribution in [2.45, 2.75) is 83.3 Å². The van der Waals surface area contributed by atoms with Crippen LogP contribution in [0.3, 0.4) is 0 Å². The third kappa shape index (κ3) is 6.09. The van der Waals surface area contributed by atoms with Gasteiger partial charge in [-0.3, -0.25) is 9.80 Å². The third-order valence-corrected chi connectivity index (χ3v) is 8.36. The molecule has 3 fully saturated rings. The Bertz CT molecular complexity index is 929. The van der Waals surface area contributed by atoms with Crippen molar-refractivity contribution in [1.82, 2.24) is 34.9 Å². The van der Waals surface area contributed by atoms with Crippen LogP contribution in [0.25, 0.3) is 0 Å². The molecule has 36 heavy (non-hydrogen) atoms. The van der Waals surface area contributed by atoms with Crippen molar-refractivity contribution < 1.29 is 0 Å². The van der Waals surface area contributed by atoms with Gasteiger partial charge in [0.15, 0.2) is 5.82 Å². The number of aromatic nitrogens is 4. The van der Waals surface area contributed by atoms with Gasteiger partial charge in [0.05, 0.1) is 11.6 Å². The zero-order valence-corrected chi connectivity index (χ0v) is 22.7. The van der Waals surface area contributed by atoms with Gasteiger partial charge in [-0.05, 0) is 87.7 Å². The Kier molecular flexibility index (Phi) is 8.23. The van der Waals surface area contributed by atoms with E-state index in [4.69, 9.17) is 0 Å². The van der Waals surface area contributed by atoms with Crippen molar-refractivity contribution >= 4 is 5.69 Å². The third-order valence-electron chi connectivity index (χ3n) is 8.36. The van der Waals surface area contributed by atoms with E-state index in [1.165, 1.54) is 69.3 Å². The number of anilines is 1. The summed E-state index contributed by atoms with van der Waals surface area (Å²) in [6.45, 7) is 15.5. The summed E-state index contributed by atoms with van der Waals surface area (Å²) in [4.78, 5) is 7.90. The highest BCUT2D eigenvalue weighted by atomic mass is 15.6. The van der Waals surface area contributed by atoms with E-state index in [1.807, 2.05) is 4.68 Å². The SMILES string of the molecule is CC(C)(C)n1nnnc1C(c1ccc(NCCN2CCCC2)cc1)N1CCN(C2CCCCC2)CC1. The molecule has 0 radical (unpaired) electrons. The molecule has 1 atom stereocenters. The number of piperazine rings is 1. The van der Waals surface area contributed by atoms with Crippen LogP contribution in [0.4, 0.5) is 5.69 Å². The van der Waals surface area contributed by atoms with Gasteiger partial charge >= 0.3 is 0 Å². The average molecular weight is 495 g/mol. The fraction of sp³-hybridized carbons (Fsp3) is 0.750. The topological polar surface area (TPSA) is 65.4 Å². The van der Waals surface area contributed by atoms with Crippen LogP contribution in [0.1, 0.15) is 83.1 Å². The number of nitrogens with one attached hydrogen (secondary N) is 1. The van der Waals surface area contributed by atoms with Crippen molar-refractivity contribution in [3.05, 3.63) is 35.7 Å².